The minimum atomic E-state index is -0.364. The summed E-state index contributed by atoms with van der Waals surface area (Å²) in [5, 5.41) is 10.6. The molecule has 0 amide bonds. The van der Waals surface area contributed by atoms with Gasteiger partial charge >= 0.3 is 5.63 Å². The predicted octanol–water partition coefficient (Wildman–Crippen LogP) is 4.51. The topological polar surface area (TPSA) is 57.2 Å². The van der Waals surface area contributed by atoms with Crippen molar-refractivity contribution in [2.45, 2.75) is 26.4 Å². The summed E-state index contributed by atoms with van der Waals surface area (Å²) in [5.41, 5.74) is 3.72. The number of rotatable bonds is 5. The molecule has 0 radical (unpaired) electrons. The van der Waals surface area contributed by atoms with Crippen LogP contribution in [-0.4, -0.2) is 11.9 Å². The Bertz CT molecular complexity index is 1050. The first-order valence-corrected chi connectivity index (χ1v) is 8.80. The molecule has 0 aliphatic rings. The van der Waals surface area contributed by atoms with E-state index >= 15 is 0 Å². The molecular formula is C21H19ClN2O2. The summed E-state index contributed by atoms with van der Waals surface area (Å²) >= 11 is 6.35. The fraction of sp³-hybridized carbons (Fsp3) is 0.238. The van der Waals surface area contributed by atoms with Gasteiger partial charge in [0.05, 0.1) is 11.6 Å². The highest BCUT2D eigenvalue weighted by Gasteiger charge is 2.12. The summed E-state index contributed by atoms with van der Waals surface area (Å²) in [7, 11) is 1.97. The van der Waals surface area contributed by atoms with Gasteiger partial charge in [-0.15, -0.1) is 0 Å². The van der Waals surface area contributed by atoms with Gasteiger partial charge in [0, 0.05) is 29.6 Å². The summed E-state index contributed by atoms with van der Waals surface area (Å²) in [6.07, 6.45) is 0.776. The van der Waals surface area contributed by atoms with Crippen LogP contribution in [0.1, 0.15) is 29.2 Å². The highest BCUT2D eigenvalue weighted by Crippen LogP contribution is 2.27. The normalized spacial score (nSPS) is 11.0. The van der Waals surface area contributed by atoms with Gasteiger partial charge in [-0.3, -0.25) is 4.90 Å². The molecule has 0 saturated carbocycles. The minimum Gasteiger partial charge on any atom is -0.423 e. The second-order valence-electron chi connectivity index (χ2n) is 6.37. The number of aryl methyl sites for hydroxylation is 1. The van der Waals surface area contributed by atoms with E-state index < -0.39 is 0 Å². The van der Waals surface area contributed by atoms with Crippen molar-refractivity contribution < 1.29 is 4.42 Å². The van der Waals surface area contributed by atoms with Gasteiger partial charge in [-0.2, -0.15) is 5.26 Å². The Balaban J connectivity index is 1.91. The molecule has 0 bridgehead atoms. The first kappa shape index (κ1) is 18.2. The van der Waals surface area contributed by atoms with Gasteiger partial charge in [-0.05, 0) is 54.4 Å². The maximum atomic E-state index is 12.0. The van der Waals surface area contributed by atoms with Crippen LogP contribution in [0.3, 0.4) is 0 Å². The predicted molar refractivity (Wildman–Crippen MR) is 103 cm³/mol. The van der Waals surface area contributed by atoms with Crippen LogP contribution in [0.2, 0.25) is 5.02 Å². The third kappa shape index (κ3) is 3.96. The molecule has 5 heteroatoms. The molecule has 0 unspecified atom stereocenters. The summed E-state index contributed by atoms with van der Waals surface area (Å²) in [6.45, 7) is 3.25. The molecule has 1 aromatic heterocycles. The highest BCUT2D eigenvalue weighted by atomic mass is 35.5. The molecule has 0 spiro atoms. The van der Waals surface area contributed by atoms with Crippen molar-refractivity contribution in [1.82, 2.24) is 4.90 Å². The van der Waals surface area contributed by atoms with Crippen LogP contribution in [0.15, 0.2) is 51.7 Å². The SMILES string of the molecule is CCc1cc2oc(=O)cc(CN(C)Cc3cccc(C#N)c3)c2cc1Cl. The second kappa shape index (κ2) is 7.74. The van der Waals surface area contributed by atoms with Crippen LogP contribution in [0.25, 0.3) is 11.0 Å². The standard InChI is InChI=1S/C21H19ClN2O2/c1-3-16-8-20-18(10-19(16)22)17(9-21(25)26-20)13-24(2)12-15-6-4-5-14(7-15)11-23/h4-10H,3,12-13H2,1-2H3. The van der Waals surface area contributed by atoms with E-state index in [9.17, 15) is 4.79 Å². The fourth-order valence-electron chi connectivity index (χ4n) is 3.09. The molecule has 0 fully saturated rings. The zero-order valence-electron chi connectivity index (χ0n) is 14.8. The Labute approximate surface area is 157 Å². The summed E-state index contributed by atoms with van der Waals surface area (Å²) in [5.74, 6) is 0. The number of hydrogen-bond acceptors (Lipinski definition) is 4. The van der Waals surface area contributed by atoms with E-state index in [0.717, 1.165) is 28.5 Å². The number of halogens is 1. The Hall–Kier alpha value is -2.61. The first-order chi connectivity index (χ1) is 12.5. The van der Waals surface area contributed by atoms with Crippen molar-refractivity contribution in [3.8, 4) is 6.07 Å². The van der Waals surface area contributed by atoms with Crippen LogP contribution in [-0.2, 0) is 19.5 Å². The number of hydrogen-bond donors (Lipinski definition) is 0. The van der Waals surface area contributed by atoms with E-state index in [-0.39, 0.29) is 5.63 Å². The third-order valence-electron chi connectivity index (χ3n) is 4.33. The van der Waals surface area contributed by atoms with Crippen LogP contribution in [0, 0.1) is 11.3 Å². The quantitative estimate of drug-likeness (QED) is 0.623. The largest absolute Gasteiger partial charge is 0.423 e. The van der Waals surface area contributed by atoms with Gasteiger partial charge in [0.1, 0.15) is 5.58 Å². The molecule has 0 aliphatic heterocycles. The number of benzene rings is 2. The molecule has 3 aromatic rings. The fourth-order valence-corrected chi connectivity index (χ4v) is 3.39. The molecule has 4 nitrogen and oxygen atoms in total. The monoisotopic (exact) mass is 366 g/mol. The first-order valence-electron chi connectivity index (χ1n) is 8.43. The molecule has 26 heavy (non-hydrogen) atoms. The van der Waals surface area contributed by atoms with Crippen molar-refractivity contribution in [3.05, 3.63) is 80.2 Å². The summed E-state index contributed by atoms with van der Waals surface area (Å²) < 4.78 is 5.36. The third-order valence-corrected chi connectivity index (χ3v) is 4.68. The Kier molecular flexibility index (Phi) is 5.41. The Morgan fingerprint density at radius 2 is 1.96 bits per heavy atom. The minimum absolute atomic E-state index is 0.364. The van der Waals surface area contributed by atoms with Crippen LogP contribution in [0.4, 0.5) is 0 Å². The van der Waals surface area contributed by atoms with E-state index in [4.69, 9.17) is 21.3 Å². The second-order valence-corrected chi connectivity index (χ2v) is 6.78. The average Bonchev–Trinajstić information content (AvgIpc) is 2.61. The van der Waals surface area contributed by atoms with Gasteiger partial charge in [-0.25, -0.2) is 4.79 Å². The Morgan fingerprint density at radius 1 is 1.15 bits per heavy atom. The van der Waals surface area contributed by atoms with Crippen molar-refractivity contribution in [3.63, 3.8) is 0 Å². The van der Waals surface area contributed by atoms with Gasteiger partial charge in [0.25, 0.3) is 0 Å². The van der Waals surface area contributed by atoms with Crippen molar-refractivity contribution in [2.75, 3.05) is 7.05 Å². The van der Waals surface area contributed by atoms with Gasteiger partial charge in [0.2, 0.25) is 0 Å². The molecule has 0 saturated heterocycles. The van der Waals surface area contributed by atoms with E-state index in [1.807, 2.05) is 44.3 Å². The molecule has 1 heterocycles. The van der Waals surface area contributed by atoms with Crippen LogP contribution in [0.5, 0.6) is 0 Å². The molecule has 0 aliphatic carbocycles. The van der Waals surface area contributed by atoms with E-state index in [1.165, 1.54) is 6.07 Å². The molecule has 0 atom stereocenters. The summed E-state index contributed by atoms with van der Waals surface area (Å²) in [6, 6.07) is 14.9. The summed E-state index contributed by atoms with van der Waals surface area (Å²) in [4.78, 5) is 14.0. The Morgan fingerprint density at radius 3 is 2.69 bits per heavy atom. The van der Waals surface area contributed by atoms with Crippen LogP contribution >= 0.6 is 11.6 Å². The molecule has 3 rings (SSSR count). The van der Waals surface area contributed by atoms with Gasteiger partial charge < -0.3 is 4.42 Å². The van der Waals surface area contributed by atoms with Gasteiger partial charge in [0.15, 0.2) is 0 Å². The lowest BCUT2D eigenvalue weighted by molar-refractivity contribution is 0.319. The lowest BCUT2D eigenvalue weighted by Crippen LogP contribution is -2.18. The molecule has 0 N–H and O–H groups in total. The van der Waals surface area contributed by atoms with Crippen molar-refractivity contribution in [2.24, 2.45) is 0 Å². The van der Waals surface area contributed by atoms with E-state index in [1.54, 1.807) is 6.07 Å². The maximum absolute atomic E-state index is 12.0. The zero-order chi connectivity index (χ0) is 18.7. The van der Waals surface area contributed by atoms with Gasteiger partial charge in [-0.1, -0.05) is 30.7 Å². The lowest BCUT2D eigenvalue weighted by Gasteiger charge is -2.18. The van der Waals surface area contributed by atoms with Crippen molar-refractivity contribution in [1.29, 1.82) is 5.26 Å². The zero-order valence-corrected chi connectivity index (χ0v) is 15.5. The molecule has 2 aromatic carbocycles. The molecule has 132 valence electrons. The number of fused-ring (bicyclic) bond motifs is 1. The highest BCUT2D eigenvalue weighted by molar-refractivity contribution is 6.32. The number of nitriles is 1. The van der Waals surface area contributed by atoms with Crippen LogP contribution < -0.4 is 5.63 Å². The smallest absolute Gasteiger partial charge is 0.336 e. The lowest BCUT2D eigenvalue weighted by atomic mass is 10.1. The maximum Gasteiger partial charge on any atom is 0.336 e. The van der Waals surface area contributed by atoms with E-state index in [2.05, 4.69) is 11.0 Å². The molecular weight excluding hydrogens is 348 g/mol. The van der Waals surface area contributed by atoms with Crippen molar-refractivity contribution >= 4 is 22.6 Å². The average molecular weight is 367 g/mol. The van der Waals surface area contributed by atoms with E-state index in [0.29, 0.717) is 29.3 Å². The number of nitrogens with zero attached hydrogens (tertiary/aromatic N) is 2.